The van der Waals surface area contributed by atoms with E-state index in [-0.39, 0.29) is 25.4 Å². The summed E-state index contributed by atoms with van der Waals surface area (Å²) in [5, 5.41) is 37.7. The van der Waals surface area contributed by atoms with E-state index in [0.29, 0.717) is 12.8 Å². The number of nitrogens with one attached hydrogen (secondary N) is 1. The molecule has 0 saturated carbocycles. The smallest absolute Gasteiger partial charge is 0.309 e. The maximum atomic E-state index is 12.2. The molecule has 8 heteroatoms. The van der Waals surface area contributed by atoms with Crippen LogP contribution in [0.1, 0.15) is 77.3 Å². The van der Waals surface area contributed by atoms with Gasteiger partial charge >= 0.3 is 11.9 Å². The van der Waals surface area contributed by atoms with E-state index >= 15 is 0 Å². The first-order valence-electron chi connectivity index (χ1n) is 17.7. The predicted molar refractivity (Wildman–Crippen MR) is 210 cm³/mol. The monoisotopic (exact) mass is 705 g/mol. The molecule has 6 aromatic carbocycles. The van der Waals surface area contributed by atoms with Gasteiger partial charge in [-0.1, -0.05) is 129 Å². The van der Waals surface area contributed by atoms with Crippen LogP contribution < -0.4 is 5.53 Å². The van der Waals surface area contributed by atoms with E-state index in [1.807, 2.05) is 38.1 Å². The number of carbonyl (C=O) groups excluding carboxylic acids is 1. The zero-order valence-electron chi connectivity index (χ0n) is 31.0. The van der Waals surface area contributed by atoms with Gasteiger partial charge in [0, 0.05) is 5.56 Å². The molecule has 0 heterocycles. The summed E-state index contributed by atoms with van der Waals surface area (Å²) in [5.74, 6) is -1.31. The van der Waals surface area contributed by atoms with Crippen LogP contribution in [-0.4, -0.2) is 38.5 Å². The summed E-state index contributed by atoms with van der Waals surface area (Å²) in [4.78, 5) is 22.3. The second kappa shape index (κ2) is 19.4. The Morgan fingerprint density at radius 2 is 0.981 bits per heavy atom. The van der Waals surface area contributed by atoms with Crippen LogP contribution in [0.3, 0.4) is 0 Å². The number of rotatable bonds is 10. The van der Waals surface area contributed by atoms with Crippen molar-refractivity contribution in [3.63, 3.8) is 0 Å². The van der Waals surface area contributed by atoms with Crippen molar-refractivity contribution < 1.29 is 35.2 Å². The summed E-state index contributed by atoms with van der Waals surface area (Å²) >= 11 is 0. The van der Waals surface area contributed by atoms with Crippen LogP contribution in [0.2, 0.25) is 0 Å². The third-order valence-electron chi connectivity index (χ3n) is 8.94. The zero-order chi connectivity index (χ0) is 38.3. The largest absolute Gasteiger partial charge is 0.481 e. The van der Waals surface area contributed by atoms with Gasteiger partial charge in [0.2, 0.25) is 0 Å². The second-order valence-corrected chi connectivity index (χ2v) is 13.6. The normalized spacial score (nSPS) is 13.0. The highest BCUT2D eigenvalue weighted by Gasteiger charge is 2.24. The van der Waals surface area contributed by atoms with E-state index in [1.54, 1.807) is 13.8 Å². The number of esters is 1. The minimum absolute atomic E-state index is 0.0174. The topological polar surface area (TPSA) is 154 Å². The number of fused-ring (bicyclic) bond motifs is 4. The van der Waals surface area contributed by atoms with Crippen molar-refractivity contribution in [1.82, 2.24) is 0 Å². The number of aliphatic hydroxyl groups is 2. The number of aliphatic carboxylic acids is 1. The Morgan fingerprint density at radius 3 is 1.37 bits per heavy atom. The van der Waals surface area contributed by atoms with Crippen LogP contribution >= 0.6 is 0 Å². The van der Waals surface area contributed by atoms with Crippen molar-refractivity contribution in [2.24, 2.45) is 0 Å². The molecular formula is C44H53N2O6+. The number of carbonyl (C=O) groups is 2. The molecule has 0 aliphatic rings. The third-order valence-corrected chi connectivity index (χ3v) is 8.94. The molecule has 52 heavy (non-hydrogen) atoms. The minimum Gasteiger partial charge on any atom is -0.481 e. The van der Waals surface area contributed by atoms with Gasteiger partial charge in [0.05, 0.1) is 24.0 Å². The van der Waals surface area contributed by atoms with Crippen molar-refractivity contribution in [2.45, 2.75) is 91.0 Å². The molecule has 0 radical (unpaired) electrons. The van der Waals surface area contributed by atoms with E-state index in [9.17, 15) is 19.8 Å². The predicted octanol–water partition coefficient (Wildman–Crippen LogP) is 9.07. The van der Waals surface area contributed by atoms with E-state index in [4.69, 9.17) is 15.4 Å². The first-order valence-corrected chi connectivity index (χ1v) is 17.7. The third kappa shape index (κ3) is 11.7. The fraction of sp³-hybridized carbons (Fsp3) is 0.318. The first-order chi connectivity index (χ1) is 24.8. The summed E-state index contributed by atoms with van der Waals surface area (Å²) < 4.78 is 5.53. The Morgan fingerprint density at radius 1 is 0.635 bits per heavy atom. The molecule has 8 nitrogen and oxygen atoms in total. The fourth-order valence-corrected chi connectivity index (χ4v) is 6.60. The number of hydrogen-bond donors (Lipinski definition) is 5. The van der Waals surface area contributed by atoms with Gasteiger partial charge in [-0.25, -0.2) is 0 Å². The van der Waals surface area contributed by atoms with Gasteiger partial charge in [-0.05, 0) is 94.4 Å². The van der Waals surface area contributed by atoms with Crippen LogP contribution in [0.25, 0.3) is 43.1 Å². The summed E-state index contributed by atoms with van der Waals surface area (Å²) in [6.07, 6.45) is 2.61. The Balaban J connectivity index is 0.000000229. The standard InChI is InChI=1S/C22H24O3.C15H12.C7H14O3.H2N2/c1-3-12-22(2,24)14-21(23)25-15-20-18-10-6-4-8-16(18)13-17-9-5-7-11-19(17)20;1-11-14-8-4-2-6-12(14)10-13-7-3-5-9-15(11)13;1-3-4-7(2,10)5-6(8)9;1-2/h4-11,13,24H,3,12,14-15H2,1-2H3;2-10H,1H3;10H,3-5H2,1-2H3,(H,8,9);1-2H/p+1. The molecule has 2 atom stereocenters. The molecule has 0 aliphatic carbocycles. The number of aryl methyl sites for hydroxylation is 1. The lowest BCUT2D eigenvalue weighted by molar-refractivity contribution is -0.249. The molecule has 2 unspecified atom stereocenters. The summed E-state index contributed by atoms with van der Waals surface area (Å²) in [6.45, 7) is 9.54. The van der Waals surface area contributed by atoms with E-state index in [1.165, 1.54) is 27.1 Å². The van der Waals surface area contributed by atoms with E-state index in [0.717, 1.165) is 39.9 Å². The van der Waals surface area contributed by atoms with Crippen LogP contribution in [-0.2, 0) is 20.9 Å². The Labute approximate surface area is 306 Å². The fourth-order valence-electron chi connectivity index (χ4n) is 6.60. The lowest BCUT2D eigenvalue weighted by Gasteiger charge is -2.21. The molecule has 0 aromatic heterocycles. The van der Waals surface area contributed by atoms with Crippen molar-refractivity contribution in [3.8, 4) is 0 Å². The summed E-state index contributed by atoms with van der Waals surface area (Å²) in [7, 11) is 0. The zero-order valence-corrected chi connectivity index (χ0v) is 31.0. The number of hydrogen-bond acceptors (Lipinski definition) is 6. The molecule has 0 amide bonds. The van der Waals surface area contributed by atoms with Crippen LogP contribution in [0.5, 0.6) is 0 Å². The molecule has 6 rings (SSSR count). The highest BCUT2D eigenvalue weighted by molar-refractivity contribution is 6.03. The minimum atomic E-state index is -1.03. The van der Waals surface area contributed by atoms with Crippen molar-refractivity contribution >= 4 is 55.0 Å². The Kier molecular flexibility index (Phi) is 15.4. The van der Waals surface area contributed by atoms with Gasteiger partial charge in [-0.2, -0.15) is 5.53 Å². The van der Waals surface area contributed by atoms with Gasteiger partial charge in [0.25, 0.3) is 0 Å². The maximum absolute atomic E-state index is 12.2. The van der Waals surface area contributed by atoms with Crippen LogP contribution in [0.4, 0.5) is 0 Å². The molecular weight excluding hydrogens is 652 g/mol. The molecule has 6 N–H and O–H groups in total. The SMILES string of the molecule is CCCC(C)(O)CC(=O)O.CCCC(C)(O)CC(=O)OCc1c2ccccc2cc2ccccc12.Cc1c2ccccc2cc2ccccc12.N=[NH2+]. The van der Waals surface area contributed by atoms with Crippen molar-refractivity contribution in [2.75, 3.05) is 0 Å². The van der Waals surface area contributed by atoms with Gasteiger partial charge in [0.15, 0.2) is 0 Å². The average Bonchev–Trinajstić information content (AvgIpc) is 3.11. The molecule has 0 fully saturated rings. The van der Waals surface area contributed by atoms with E-state index in [2.05, 4.69) is 97.4 Å². The van der Waals surface area contributed by atoms with Crippen molar-refractivity contribution in [3.05, 3.63) is 120 Å². The highest BCUT2D eigenvalue weighted by Crippen LogP contribution is 2.30. The van der Waals surface area contributed by atoms with Gasteiger partial charge < -0.3 is 20.1 Å². The van der Waals surface area contributed by atoms with E-state index < -0.39 is 17.2 Å². The number of carboxylic acids is 1. The lowest BCUT2D eigenvalue weighted by atomic mass is 9.96. The summed E-state index contributed by atoms with van der Waals surface area (Å²) in [5.41, 5.74) is 9.36. The Hall–Kier alpha value is -5.18. The van der Waals surface area contributed by atoms with Crippen LogP contribution in [0.15, 0.2) is 109 Å². The molecule has 0 aliphatic heterocycles. The molecule has 274 valence electrons. The van der Waals surface area contributed by atoms with Gasteiger partial charge in [-0.15, -0.1) is 0 Å². The number of benzene rings is 6. The van der Waals surface area contributed by atoms with Crippen molar-refractivity contribution in [1.29, 1.82) is 5.53 Å². The number of ether oxygens (including phenoxy) is 1. The number of nitrogens with two attached hydrogens (primary N) is 1. The highest BCUT2D eigenvalue weighted by atomic mass is 16.5. The molecule has 0 bridgehead atoms. The quantitative estimate of drug-likeness (QED) is 0.0544. The number of carboxylic acid groups (broad SMARTS) is 1. The van der Waals surface area contributed by atoms with Gasteiger partial charge in [-0.3, -0.25) is 9.59 Å². The van der Waals surface area contributed by atoms with Crippen LogP contribution in [0, 0.1) is 12.5 Å². The summed E-state index contributed by atoms with van der Waals surface area (Å²) in [6, 6.07) is 37.8. The molecule has 6 aromatic rings. The Bertz CT molecular complexity index is 1980. The molecule has 0 spiro atoms. The maximum Gasteiger partial charge on any atom is 0.309 e. The molecule has 0 saturated heterocycles. The lowest BCUT2D eigenvalue weighted by Crippen LogP contribution is -2.28. The first kappa shape index (κ1) is 41.2. The second-order valence-electron chi connectivity index (χ2n) is 13.6. The average molecular weight is 706 g/mol. The van der Waals surface area contributed by atoms with Gasteiger partial charge in [0.1, 0.15) is 6.61 Å².